The van der Waals surface area contributed by atoms with Crippen LogP contribution in [-0.4, -0.2) is 79.0 Å². The van der Waals surface area contributed by atoms with Crippen LogP contribution in [0.25, 0.3) is 0 Å². The van der Waals surface area contributed by atoms with Crippen LogP contribution in [-0.2, 0) is 16.1 Å². The number of carbonyl (C=O) groups is 1. The average Bonchev–Trinajstić information content (AvgIpc) is 3.18. The van der Waals surface area contributed by atoms with Crippen LogP contribution in [0.2, 0.25) is 0 Å². The van der Waals surface area contributed by atoms with Crippen molar-refractivity contribution in [1.82, 2.24) is 9.80 Å². The Morgan fingerprint density at radius 2 is 1.86 bits per heavy atom. The number of β-amino-alcohol motifs (C(OH)–C–C–N with tert-alkyl or cyclic N) is 1. The summed E-state index contributed by atoms with van der Waals surface area (Å²) < 4.78 is 17.6. The van der Waals surface area contributed by atoms with Gasteiger partial charge in [-0.05, 0) is 61.6 Å². The lowest BCUT2D eigenvalue weighted by atomic mass is 10.1. The fourth-order valence-corrected chi connectivity index (χ4v) is 4.85. The number of aliphatic hydroxyl groups is 1. The van der Waals surface area contributed by atoms with Gasteiger partial charge in [0, 0.05) is 39.1 Å². The number of rotatable bonds is 10. The third-order valence-electron chi connectivity index (χ3n) is 6.75. The number of aryl methyl sites for hydroxylation is 1. The Kier molecular flexibility index (Phi) is 9.61. The molecule has 2 heterocycles. The Morgan fingerprint density at radius 1 is 1.03 bits per heavy atom. The monoisotopic (exact) mass is 496 g/mol. The minimum Gasteiger partial charge on any atom is -0.494 e. The summed E-state index contributed by atoms with van der Waals surface area (Å²) in [5.74, 6) is 1.86. The maximum atomic E-state index is 12.2. The summed E-state index contributed by atoms with van der Waals surface area (Å²) in [6, 6.07) is 16.0. The molecular formula is C29H40N2O5. The van der Waals surface area contributed by atoms with Crippen molar-refractivity contribution >= 4 is 5.91 Å². The molecular weight excluding hydrogens is 456 g/mol. The van der Waals surface area contributed by atoms with Gasteiger partial charge in [0.1, 0.15) is 23.7 Å². The van der Waals surface area contributed by atoms with Gasteiger partial charge in [-0.3, -0.25) is 9.69 Å². The largest absolute Gasteiger partial charge is 0.494 e. The minimum absolute atomic E-state index is 0.176. The third-order valence-corrected chi connectivity index (χ3v) is 6.75. The molecule has 0 aliphatic carbocycles. The van der Waals surface area contributed by atoms with Crippen molar-refractivity contribution < 1.29 is 24.1 Å². The van der Waals surface area contributed by atoms with Gasteiger partial charge in [-0.15, -0.1) is 0 Å². The van der Waals surface area contributed by atoms with E-state index in [1.165, 1.54) is 0 Å². The standard InChI is InChI=1S/C29H40N2O5/c1-24-8-5-10-26(18-24)36-23-29(33)21-30(15-17-34-22-29)20-25-9-6-11-27(19-25)35-16-7-14-31-13-4-2-3-12-28(31)32/h5-6,8-11,18-19,33H,2-4,7,12-17,20-23H2,1H3. The molecule has 4 rings (SSSR count). The Bertz CT molecular complexity index is 984. The Morgan fingerprint density at radius 3 is 2.72 bits per heavy atom. The lowest BCUT2D eigenvalue weighted by Gasteiger charge is -2.30. The normalized spacial score (nSPS) is 21.6. The van der Waals surface area contributed by atoms with Crippen molar-refractivity contribution in [3.63, 3.8) is 0 Å². The van der Waals surface area contributed by atoms with Crippen molar-refractivity contribution in [3.8, 4) is 11.5 Å². The number of likely N-dealkylation sites (tertiary alicyclic amines) is 1. The first-order valence-corrected chi connectivity index (χ1v) is 13.2. The topological polar surface area (TPSA) is 71.5 Å². The maximum Gasteiger partial charge on any atom is 0.222 e. The molecule has 0 saturated carbocycles. The highest BCUT2D eigenvalue weighted by Crippen LogP contribution is 2.21. The fraction of sp³-hybridized carbons (Fsp3) is 0.552. The molecule has 0 bridgehead atoms. The van der Waals surface area contributed by atoms with Crippen molar-refractivity contribution in [2.45, 2.75) is 51.2 Å². The molecule has 1 unspecified atom stereocenters. The predicted octanol–water partition coefficient (Wildman–Crippen LogP) is 3.81. The molecule has 0 spiro atoms. The number of ether oxygens (including phenoxy) is 3. The van der Waals surface area contributed by atoms with E-state index >= 15 is 0 Å². The summed E-state index contributed by atoms with van der Waals surface area (Å²) >= 11 is 0. The number of carbonyl (C=O) groups excluding carboxylic acids is 1. The van der Waals surface area contributed by atoms with Gasteiger partial charge in [-0.25, -0.2) is 0 Å². The summed E-state index contributed by atoms with van der Waals surface area (Å²) in [6.45, 7) is 7.12. The second kappa shape index (κ2) is 13.1. The smallest absolute Gasteiger partial charge is 0.222 e. The van der Waals surface area contributed by atoms with Crippen molar-refractivity contribution in [3.05, 3.63) is 59.7 Å². The molecule has 1 N–H and O–H groups in total. The highest BCUT2D eigenvalue weighted by Gasteiger charge is 2.33. The molecule has 2 aliphatic rings. The first-order chi connectivity index (χ1) is 17.5. The SMILES string of the molecule is Cc1cccc(OCC2(O)COCCN(Cc3cccc(OCCCN4CCCCCC4=O)c3)C2)c1. The molecule has 1 amide bonds. The van der Waals surface area contributed by atoms with Crippen LogP contribution in [0.4, 0.5) is 0 Å². The van der Waals surface area contributed by atoms with E-state index in [1.54, 1.807) is 0 Å². The third kappa shape index (κ3) is 8.22. The molecule has 1 atom stereocenters. The van der Waals surface area contributed by atoms with E-state index in [1.807, 2.05) is 48.2 Å². The van der Waals surface area contributed by atoms with Gasteiger partial charge in [0.25, 0.3) is 0 Å². The molecule has 2 aromatic carbocycles. The van der Waals surface area contributed by atoms with Gasteiger partial charge in [-0.2, -0.15) is 0 Å². The maximum absolute atomic E-state index is 12.2. The predicted molar refractivity (Wildman–Crippen MR) is 139 cm³/mol. The van der Waals surface area contributed by atoms with Crippen LogP contribution >= 0.6 is 0 Å². The number of amides is 1. The van der Waals surface area contributed by atoms with Gasteiger partial charge in [-0.1, -0.05) is 30.7 Å². The molecule has 7 nitrogen and oxygen atoms in total. The summed E-state index contributed by atoms with van der Waals surface area (Å²) in [5, 5.41) is 11.2. The molecule has 2 aromatic rings. The first kappa shape index (κ1) is 26.5. The van der Waals surface area contributed by atoms with Crippen molar-refractivity contribution in [2.24, 2.45) is 0 Å². The molecule has 2 saturated heterocycles. The van der Waals surface area contributed by atoms with Gasteiger partial charge in [0.2, 0.25) is 5.91 Å². The number of hydrogen-bond acceptors (Lipinski definition) is 6. The van der Waals surface area contributed by atoms with Gasteiger partial charge in [0.15, 0.2) is 0 Å². The molecule has 2 aliphatic heterocycles. The van der Waals surface area contributed by atoms with E-state index in [9.17, 15) is 9.90 Å². The van der Waals surface area contributed by atoms with Crippen LogP contribution in [0.5, 0.6) is 11.5 Å². The Labute approximate surface area is 214 Å². The average molecular weight is 497 g/mol. The minimum atomic E-state index is -1.08. The van der Waals surface area contributed by atoms with Gasteiger partial charge in [0.05, 0.1) is 19.8 Å². The Balaban J connectivity index is 1.26. The quantitative estimate of drug-likeness (QED) is 0.505. The van der Waals surface area contributed by atoms with Crippen LogP contribution in [0.1, 0.15) is 43.2 Å². The first-order valence-electron chi connectivity index (χ1n) is 13.2. The van der Waals surface area contributed by atoms with Crippen LogP contribution in [0.15, 0.2) is 48.5 Å². The van der Waals surface area contributed by atoms with Gasteiger partial charge >= 0.3 is 0 Å². The van der Waals surface area contributed by atoms with E-state index in [0.29, 0.717) is 32.7 Å². The molecule has 2 fully saturated rings. The second-order valence-corrected chi connectivity index (χ2v) is 10.1. The lowest BCUT2D eigenvalue weighted by Crippen LogP contribution is -2.48. The number of benzene rings is 2. The van der Waals surface area contributed by atoms with Crippen LogP contribution in [0, 0.1) is 6.92 Å². The Hall–Kier alpha value is -2.61. The molecule has 0 radical (unpaired) electrons. The van der Waals surface area contributed by atoms with E-state index in [4.69, 9.17) is 14.2 Å². The molecule has 196 valence electrons. The summed E-state index contributed by atoms with van der Waals surface area (Å²) in [4.78, 5) is 16.3. The molecule has 36 heavy (non-hydrogen) atoms. The number of hydrogen-bond donors (Lipinski definition) is 1. The highest BCUT2D eigenvalue weighted by molar-refractivity contribution is 5.76. The van der Waals surface area contributed by atoms with E-state index in [2.05, 4.69) is 17.0 Å². The fourth-order valence-electron chi connectivity index (χ4n) is 4.85. The van der Waals surface area contributed by atoms with Crippen LogP contribution in [0.3, 0.4) is 0 Å². The number of nitrogens with zero attached hydrogens (tertiary/aromatic N) is 2. The second-order valence-electron chi connectivity index (χ2n) is 10.1. The zero-order valence-corrected chi connectivity index (χ0v) is 21.5. The van der Waals surface area contributed by atoms with E-state index in [-0.39, 0.29) is 19.1 Å². The lowest BCUT2D eigenvalue weighted by molar-refractivity contribution is -0.130. The van der Waals surface area contributed by atoms with Crippen molar-refractivity contribution in [1.29, 1.82) is 0 Å². The zero-order valence-electron chi connectivity index (χ0n) is 21.5. The van der Waals surface area contributed by atoms with Gasteiger partial charge < -0.3 is 24.2 Å². The summed E-state index contributed by atoms with van der Waals surface area (Å²) in [7, 11) is 0. The van der Waals surface area contributed by atoms with E-state index in [0.717, 1.165) is 67.9 Å². The molecule has 0 aromatic heterocycles. The van der Waals surface area contributed by atoms with Crippen LogP contribution < -0.4 is 9.47 Å². The zero-order chi connectivity index (χ0) is 25.2. The molecule has 7 heteroatoms. The summed E-state index contributed by atoms with van der Waals surface area (Å²) in [6.07, 6.45) is 4.76. The highest BCUT2D eigenvalue weighted by atomic mass is 16.5. The summed E-state index contributed by atoms with van der Waals surface area (Å²) in [5.41, 5.74) is 1.16. The van der Waals surface area contributed by atoms with Crippen molar-refractivity contribution in [2.75, 3.05) is 52.6 Å². The van der Waals surface area contributed by atoms with E-state index < -0.39 is 5.60 Å².